The van der Waals surface area contributed by atoms with E-state index in [1.54, 1.807) is 0 Å². The number of allylic oxidation sites excluding steroid dienone is 8. The summed E-state index contributed by atoms with van der Waals surface area (Å²) >= 11 is 0. The standard InChI is InChI=1S/C12H16/c1-3-5-8-12-10-7-6-9-11(12)4-2/h3-6,8-9H,7,10H2,1-2H3/b5-3-,11-4-,12-8-. The van der Waals surface area contributed by atoms with Gasteiger partial charge in [-0.05, 0) is 37.8 Å². The van der Waals surface area contributed by atoms with Crippen LogP contribution in [0.3, 0.4) is 0 Å². The van der Waals surface area contributed by atoms with Crippen molar-refractivity contribution in [2.24, 2.45) is 0 Å². The maximum atomic E-state index is 2.24. The fourth-order valence-electron chi connectivity index (χ4n) is 1.37. The number of hydrogen-bond donors (Lipinski definition) is 0. The van der Waals surface area contributed by atoms with Gasteiger partial charge >= 0.3 is 0 Å². The molecule has 64 valence electrons. The molecule has 0 atom stereocenters. The summed E-state index contributed by atoms with van der Waals surface area (Å²) in [5, 5.41) is 0. The molecule has 1 aliphatic carbocycles. The highest BCUT2D eigenvalue weighted by Gasteiger charge is 2.03. The van der Waals surface area contributed by atoms with Gasteiger partial charge in [-0.3, -0.25) is 0 Å². The molecular formula is C12H16. The quantitative estimate of drug-likeness (QED) is 0.547. The van der Waals surface area contributed by atoms with Crippen molar-refractivity contribution in [2.75, 3.05) is 0 Å². The lowest BCUT2D eigenvalue weighted by Gasteiger charge is -2.11. The van der Waals surface area contributed by atoms with Crippen LogP contribution in [0.2, 0.25) is 0 Å². The molecule has 0 heteroatoms. The molecule has 0 aromatic rings. The molecule has 0 radical (unpaired) electrons. The van der Waals surface area contributed by atoms with Crippen LogP contribution in [0, 0.1) is 0 Å². The molecule has 0 spiro atoms. The van der Waals surface area contributed by atoms with E-state index in [-0.39, 0.29) is 0 Å². The van der Waals surface area contributed by atoms with Crippen molar-refractivity contribution >= 4 is 0 Å². The third-order valence-corrected chi connectivity index (χ3v) is 2.05. The molecule has 1 aliphatic rings. The molecule has 1 rings (SSSR count). The summed E-state index contributed by atoms with van der Waals surface area (Å²) in [7, 11) is 0. The van der Waals surface area contributed by atoms with Crippen molar-refractivity contribution in [1.29, 1.82) is 0 Å². The minimum absolute atomic E-state index is 1.18. The van der Waals surface area contributed by atoms with Gasteiger partial charge in [-0.15, -0.1) is 0 Å². The van der Waals surface area contributed by atoms with Gasteiger partial charge in [0.05, 0.1) is 0 Å². The van der Waals surface area contributed by atoms with Crippen LogP contribution in [0.1, 0.15) is 26.7 Å². The zero-order valence-corrected chi connectivity index (χ0v) is 7.88. The first-order chi connectivity index (χ1) is 5.88. The Hall–Kier alpha value is -1.04. The minimum Gasteiger partial charge on any atom is -0.0877 e. The molecule has 0 heterocycles. The van der Waals surface area contributed by atoms with Gasteiger partial charge < -0.3 is 0 Å². The highest BCUT2D eigenvalue weighted by Crippen LogP contribution is 2.22. The topological polar surface area (TPSA) is 0 Å². The largest absolute Gasteiger partial charge is 0.0877 e. The fourth-order valence-corrected chi connectivity index (χ4v) is 1.37. The Morgan fingerprint density at radius 1 is 1.33 bits per heavy atom. The van der Waals surface area contributed by atoms with Gasteiger partial charge in [-0.1, -0.05) is 36.5 Å². The lowest BCUT2D eigenvalue weighted by atomic mass is 9.95. The predicted molar refractivity (Wildman–Crippen MR) is 55.0 cm³/mol. The van der Waals surface area contributed by atoms with Crippen LogP contribution in [-0.4, -0.2) is 0 Å². The molecule has 0 unspecified atom stereocenters. The Morgan fingerprint density at radius 3 is 2.83 bits per heavy atom. The maximum absolute atomic E-state index is 2.24. The lowest BCUT2D eigenvalue weighted by molar-refractivity contribution is 0.966. The van der Waals surface area contributed by atoms with Gasteiger partial charge in [-0.2, -0.15) is 0 Å². The van der Waals surface area contributed by atoms with E-state index in [2.05, 4.69) is 43.4 Å². The van der Waals surface area contributed by atoms with Crippen molar-refractivity contribution in [1.82, 2.24) is 0 Å². The van der Waals surface area contributed by atoms with Crippen LogP contribution in [-0.2, 0) is 0 Å². The van der Waals surface area contributed by atoms with Crippen LogP contribution >= 0.6 is 0 Å². The van der Waals surface area contributed by atoms with E-state index in [0.717, 1.165) is 0 Å². The smallest absolute Gasteiger partial charge is 0.0238 e. The predicted octanol–water partition coefficient (Wildman–Crippen LogP) is 3.79. The lowest BCUT2D eigenvalue weighted by Crippen LogP contribution is -1.91. The van der Waals surface area contributed by atoms with Crippen molar-refractivity contribution in [3.8, 4) is 0 Å². The Morgan fingerprint density at radius 2 is 2.17 bits per heavy atom. The van der Waals surface area contributed by atoms with Crippen molar-refractivity contribution in [2.45, 2.75) is 26.7 Å². The molecule has 0 nitrogen and oxygen atoms in total. The molecule has 0 amide bonds. The molecule has 0 aromatic carbocycles. The van der Waals surface area contributed by atoms with Crippen LogP contribution in [0.25, 0.3) is 0 Å². The zero-order valence-electron chi connectivity index (χ0n) is 7.88. The third-order valence-electron chi connectivity index (χ3n) is 2.05. The van der Waals surface area contributed by atoms with E-state index in [4.69, 9.17) is 0 Å². The molecule has 0 bridgehead atoms. The van der Waals surface area contributed by atoms with Gasteiger partial charge in [0.15, 0.2) is 0 Å². The molecule has 0 fully saturated rings. The molecule has 0 aliphatic heterocycles. The monoisotopic (exact) mass is 160 g/mol. The zero-order chi connectivity index (χ0) is 8.81. The molecule has 0 saturated carbocycles. The Kier molecular flexibility index (Phi) is 3.59. The van der Waals surface area contributed by atoms with E-state index in [0.29, 0.717) is 0 Å². The number of rotatable bonds is 1. The SMILES string of the molecule is C\C=C/C=C1/CCC=C/C1=C/C. The summed E-state index contributed by atoms with van der Waals surface area (Å²) in [4.78, 5) is 0. The Balaban J connectivity index is 2.83. The summed E-state index contributed by atoms with van der Waals surface area (Å²) in [6.45, 7) is 4.14. The average molecular weight is 160 g/mol. The van der Waals surface area contributed by atoms with Gasteiger partial charge in [0.1, 0.15) is 0 Å². The van der Waals surface area contributed by atoms with Gasteiger partial charge in [0.25, 0.3) is 0 Å². The van der Waals surface area contributed by atoms with Crippen molar-refractivity contribution < 1.29 is 0 Å². The first kappa shape index (κ1) is 9.05. The van der Waals surface area contributed by atoms with E-state index in [1.165, 1.54) is 24.0 Å². The highest BCUT2D eigenvalue weighted by molar-refractivity contribution is 5.43. The summed E-state index contributed by atoms with van der Waals surface area (Å²) in [5.41, 5.74) is 2.83. The number of hydrogen-bond acceptors (Lipinski definition) is 0. The molecule has 0 N–H and O–H groups in total. The summed E-state index contributed by atoms with van der Waals surface area (Å²) in [6, 6.07) is 0. The van der Waals surface area contributed by atoms with E-state index < -0.39 is 0 Å². The molecule has 12 heavy (non-hydrogen) atoms. The molecular weight excluding hydrogens is 144 g/mol. The minimum atomic E-state index is 1.18. The normalized spacial score (nSPS) is 24.5. The second-order valence-electron chi connectivity index (χ2n) is 2.90. The van der Waals surface area contributed by atoms with Crippen molar-refractivity contribution in [3.63, 3.8) is 0 Å². The van der Waals surface area contributed by atoms with Crippen molar-refractivity contribution in [3.05, 3.63) is 47.6 Å². The second-order valence-corrected chi connectivity index (χ2v) is 2.90. The summed E-state index contributed by atoms with van der Waals surface area (Å²) in [5.74, 6) is 0. The van der Waals surface area contributed by atoms with Crippen LogP contribution in [0.15, 0.2) is 47.6 Å². The Labute approximate surface area is 75.0 Å². The highest BCUT2D eigenvalue weighted by atomic mass is 14.1. The fraction of sp³-hybridized carbons (Fsp3) is 0.333. The van der Waals surface area contributed by atoms with E-state index in [1.807, 2.05) is 6.92 Å². The van der Waals surface area contributed by atoms with Gasteiger partial charge in [0, 0.05) is 0 Å². The van der Waals surface area contributed by atoms with Crippen LogP contribution < -0.4 is 0 Å². The third kappa shape index (κ3) is 2.23. The van der Waals surface area contributed by atoms with Crippen LogP contribution in [0.5, 0.6) is 0 Å². The van der Waals surface area contributed by atoms with Crippen LogP contribution in [0.4, 0.5) is 0 Å². The molecule has 0 aromatic heterocycles. The first-order valence-electron chi connectivity index (χ1n) is 4.53. The van der Waals surface area contributed by atoms with Gasteiger partial charge in [0.2, 0.25) is 0 Å². The average Bonchev–Trinajstić information content (AvgIpc) is 2.15. The summed E-state index contributed by atoms with van der Waals surface area (Å²) in [6.07, 6.45) is 15.4. The summed E-state index contributed by atoms with van der Waals surface area (Å²) < 4.78 is 0. The molecule has 0 saturated heterocycles. The van der Waals surface area contributed by atoms with E-state index in [9.17, 15) is 0 Å². The maximum Gasteiger partial charge on any atom is -0.0238 e. The van der Waals surface area contributed by atoms with Gasteiger partial charge in [-0.25, -0.2) is 0 Å². The van der Waals surface area contributed by atoms with E-state index >= 15 is 0 Å². The first-order valence-corrected chi connectivity index (χ1v) is 4.53. The second kappa shape index (κ2) is 4.76. The Bertz CT molecular complexity index is 249.